The summed E-state index contributed by atoms with van der Waals surface area (Å²) in [5.41, 5.74) is 11.9. The Balaban J connectivity index is 2.27. The first-order valence-corrected chi connectivity index (χ1v) is 6.40. The molecule has 0 atom stereocenters. The fourth-order valence-electron chi connectivity index (χ4n) is 2.38. The summed E-state index contributed by atoms with van der Waals surface area (Å²) in [6, 6.07) is 8.56. The Morgan fingerprint density at radius 2 is 2.00 bits per heavy atom. The topological polar surface area (TPSA) is 43.8 Å². The third kappa shape index (κ3) is 2.62. The standard InChI is InChI=1S/C15H21N3/c1-11-5-4-6-14(9-11)10-18-13(3)15(7-8-16)12(2)17-18/h4-6,9H,7-8,10,16H2,1-3H3. The van der Waals surface area contributed by atoms with Gasteiger partial charge in [0.05, 0.1) is 12.2 Å². The van der Waals surface area contributed by atoms with Crippen molar-refractivity contribution in [1.29, 1.82) is 0 Å². The van der Waals surface area contributed by atoms with Gasteiger partial charge in [-0.25, -0.2) is 0 Å². The highest BCUT2D eigenvalue weighted by molar-refractivity contribution is 5.27. The van der Waals surface area contributed by atoms with Crippen LogP contribution >= 0.6 is 0 Å². The number of hydrogen-bond acceptors (Lipinski definition) is 2. The monoisotopic (exact) mass is 243 g/mol. The summed E-state index contributed by atoms with van der Waals surface area (Å²) < 4.78 is 2.08. The summed E-state index contributed by atoms with van der Waals surface area (Å²) in [6.45, 7) is 7.81. The van der Waals surface area contributed by atoms with Gasteiger partial charge in [0.1, 0.15) is 0 Å². The van der Waals surface area contributed by atoms with Crippen LogP contribution < -0.4 is 5.73 Å². The molecule has 2 aromatic rings. The highest BCUT2D eigenvalue weighted by atomic mass is 15.3. The molecule has 18 heavy (non-hydrogen) atoms. The predicted octanol–water partition coefficient (Wildman–Crippen LogP) is 2.36. The van der Waals surface area contributed by atoms with Crippen molar-refractivity contribution in [2.24, 2.45) is 5.73 Å². The molecule has 2 rings (SSSR count). The van der Waals surface area contributed by atoms with Crippen LogP contribution in [0.3, 0.4) is 0 Å². The van der Waals surface area contributed by atoms with Crippen LogP contribution in [0.5, 0.6) is 0 Å². The Morgan fingerprint density at radius 3 is 2.67 bits per heavy atom. The van der Waals surface area contributed by atoms with Crippen molar-refractivity contribution < 1.29 is 0 Å². The number of nitrogens with two attached hydrogens (primary N) is 1. The van der Waals surface area contributed by atoms with Gasteiger partial charge in [-0.15, -0.1) is 0 Å². The number of aryl methyl sites for hydroxylation is 2. The molecule has 1 aromatic carbocycles. The Morgan fingerprint density at radius 1 is 1.22 bits per heavy atom. The van der Waals surface area contributed by atoms with Crippen LogP contribution in [-0.4, -0.2) is 16.3 Å². The van der Waals surface area contributed by atoms with Crippen LogP contribution in [0.4, 0.5) is 0 Å². The molecular weight excluding hydrogens is 222 g/mol. The van der Waals surface area contributed by atoms with E-state index in [4.69, 9.17) is 5.73 Å². The molecular formula is C15H21N3. The lowest BCUT2D eigenvalue weighted by molar-refractivity contribution is 0.657. The zero-order valence-electron chi connectivity index (χ0n) is 11.4. The lowest BCUT2D eigenvalue weighted by atomic mass is 10.1. The zero-order valence-corrected chi connectivity index (χ0v) is 11.4. The van der Waals surface area contributed by atoms with Gasteiger partial charge in [0.2, 0.25) is 0 Å². The van der Waals surface area contributed by atoms with Crippen molar-refractivity contribution in [2.75, 3.05) is 6.54 Å². The average molecular weight is 243 g/mol. The second-order valence-corrected chi connectivity index (χ2v) is 4.83. The van der Waals surface area contributed by atoms with Gasteiger partial charge in [-0.3, -0.25) is 4.68 Å². The summed E-state index contributed by atoms with van der Waals surface area (Å²) >= 11 is 0. The number of hydrogen-bond donors (Lipinski definition) is 1. The first kappa shape index (κ1) is 12.8. The molecule has 0 saturated carbocycles. The molecule has 1 aromatic heterocycles. The maximum Gasteiger partial charge on any atom is 0.0662 e. The Hall–Kier alpha value is -1.61. The highest BCUT2D eigenvalue weighted by Crippen LogP contribution is 2.15. The minimum absolute atomic E-state index is 0.678. The summed E-state index contributed by atoms with van der Waals surface area (Å²) in [5, 5.41) is 4.61. The molecule has 0 aliphatic carbocycles. The van der Waals surface area contributed by atoms with Crippen molar-refractivity contribution in [3.05, 3.63) is 52.3 Å². The molecule has 1 heterocycles. The van der Waals surface area contributed by atoms with E-state index < -0.39 is 0 Å². The van der Waals surface area contributed by atoms with Crippen molar-refractivity contribution in [1.82, 2.24) is 9.78 Å². The molecule has 96 valence electrons. The third-order valence-electron chi connectivity index (χ3n) is 3.34. The predicted molar refractivity (Wildman–Crippen MR) is 74.7 cm³/mol. The van der Waals surface area contributed by atoms with Crippen LogP contribution in [0, 0.1) is 20.8 Å². The van der Waals surface area contributed by atoms with Crippen molar-refractivity contribution >= 4 is 0 Å². The fourth-order valence-corrected chi connectivity index (χ4v) is 2.38. The molecule has 0 saturated heterocycles. The smallest absolute Gasteiger partial charge is 0.0662 e. The minimum Gasteiger partial charge on any atom is -0.330 e. The second kappa shape index (κ2) is 5.36. The molecule has 3 heteroatoms. The molecule has 0 unspecified atom stereocenters. The van der Waals surface area contributed by atoms with Crippen molar-refractivity contribution in [2.45, 2.75) is 33.7 Å². The number of nitrogens with zero attached hydrogens (tertiary/aromatic N) is 2. The third-order valence-corrected chi connectivity index (χ3v) is 3.34. The van der Waals surface area contributed by atoms with Gasteiger partial charge in [-0.2, -0.15) is 5.10 Å². The van der Waals surface area contributed by atoms with E-state index in [0.717, 1.165) is 18.7 Å². The van der Waals surface area contributed by atoms with Crippen LogP contribution in [0.15, 0.2) is 24.3 Å². The van der Waals surface area contributed by atoms with Gasteiger partial charge in [0, 0.05) is 5.69 Å². The Bertz CT molecular complexity index is 541. The fraction of sp³-hybridized carbons (Fsp3) is 0.400. The van der Waals surface area contributed by atoms with Crippen LogP contribution in [0.1, 0.15) is 28.1 Å². The van der Waals surface area contributed by atoms with Crippen LogP contribution in [-0.2, 0) is 13.0 Å². The Labute approximate surface area is 109 Å². The SMILES string of the molecule is Cc1cccc(Cn2nc(C)c(CCN)c2C)c1. The molecule has 0 spiro atoms. The maximum absolute atomic E-state index is 5.64. The molecule has 0 fully saturated rings. The first-order chi connectivity index (χ1) is 8.61. The minimum atomic E-state index is 0.678. The van der Waals surface area contributed by atoms with E-state index in [1.165, 1.54) is 22.4 Å². The molecule has 3 nitrogen and oxygen atoms in total. The number of benzene rings is 1. The van der Waals surface area contributed by atoms with E-state index in [2.05, 4.69) is 54.8 Å². The van der Waals surface area contributed by atoms with E-state index in [0.29, 0.717) is 6.54 Å². The quantitative estimate of drug-likeness (QED) is 0.896. The van der Waals surface area contributed by atoms with Gasteiger partial charge in [-0.05, 0) is 44.9 Å². The summed E-state index contributed by atoms with van der Waals surface area (Å²) in [7, 11) is 0. The molecule has 0 amide bonds. The van der Waals surface area contributed by atoms with E-state index >= 15 is 0 Å². The van der Waals surface area contributed by atoms with Gasteiger partial charge < -0.3 is 5.73 Å². The van der Waals surface area contributed by atoms with E-state index in [1.807, 2.05) is 0 Å². The van der Waals surface area contributed by atoms with E-state index in [1.54, 1.807) is 0 Å². The lowest BCUT2D eigenvalue weighted by Crippen LogP contribution is -2.06. The normalized spacial score (nSPS) is 10.9. The highest BCUT2D eigenvalue weighted by Gasteiger charge is 2.10. The van der Waals surface area contributed by atoms with Gasteiger partial charge >= 0.3 is 0 Å². The summed E-state index contributed by atoms with van der Waals surface area (Å²) in [6.07, 6.45) is 0.908. The zero-order chi connectivity index (χ0) is 13.1. The van der Waals surface area contributed by atoms with E-state index in [-0.39, 0.29) is 0 Å². The Kier molecular flexibility index (Phi) is 3.82. The number of rotatable bonds is 4. The average Bonchev–Trinajstić information content (AvgIpc) is 2.57. The van der Waals surface area contributed by atoms with Crippen LogP contribution in [0.25, 0.3) is 0 Å². The van der Waals surface area contributed by atoms with E-state index in [9.17, 15) is 0 Å². The van der Waals surface area contributed by atoms with Crippen molar-refractivity contribution in [3.8, 4) is 0 Å². The van der Waals surface area contributed by atoms with Crippen molar-refractivity contribution in [3.63, 3.8) is 0 Å². The molecule has 0 aliphatic heterocycles. The largest absolute Gasteiger partial charge is 0.330 e. The molecule has 2 N–H and O–H groups in total. The second-order valence-electron chi connectivity index (χ2n) is 4.83. The number of aromatic nitrogens is 2. The summed E-state index contributed by atoms with van der Waals surface area (Å²) in [5.74, 6) is 0. The molecule has 0 radical (unpaired) electrons. The molecule has 0 bridgehead atoms. The summed E-state index contributed by atoms with van der Waals surface area (Å²) in [4.78, 5) is 0. The van der Waals surface area contributed by atoms with Crippen LogP contribution in [0.2, 0.25) is 0 Å². The van der Waals surface area contributed by atoms with Gasteiger partial charge in [0.15, 0.2) is 0 Å². The maximum atomic E-state index is 5.64. The first-order valence-electron chi connectivity index (χ1n) is 6.40. The van der Waals surface area contributed by atoms with Gasteiger partial charge in [-0.1, -0.05) is 29.8 Å². The van der Waals surface area contributed by atoms with Gasteiger partial charge in [0.25, 0.3) is 0 Å². The lowest BCUT2D eigenvalue weighted by Gasteiger charge is -2.06. The molecule has 0 aliphatic rings.